The number of benzene rings is 1. The van der Waals surface area contributed by atoms with Crippen LogP contribution < -0.4 is 0 Å². The fourth-order valence-corrected chi connectivity index (χ4v) is 3.58. The second kappa shape index (κ2) is 6.40. The van der Waals surface area contributed by atoms with Gasteiger partial charge in [-0.1, -0.05) is 29.3 Å². The van der Waals surface area contributed by atoms with Crippen LogP contribution in [-0.4, -0.2) is 11.2 Å². The Hall–Kier alpha value is -0.0600. The SMILES string of the molecule is OC(Cc1ccc(Cl)c(Cl)c1)Cc1ccc(Br)s1. The molecule has 1 unspecified atom stereocenters. The normalized spacial score (nSPS) is 12.7. The fraction of sp³-hybridized carbons (Fsp3) is 0.231. The first kappa shape index (κ1) is 14.4. The number of aliphatic hydroxyl groups is 1. The van der Waals surface area contributed by atoms with Crippen LogP contribution in [0, 0.1) is 0 Å². The molecule has 0 radical (unpaired) electrons. The first-order valence-corrected chi connectivity index (χ1v) is 7.77. The van der Waals surface area contributed by atoms with E-state index in [2.05, 4.69) is 15.9 Å². The Labute approximate surface area is 128 Å². The first-order valence-electron chi connectivity index (χ1n) is 5.41. The Balaban J connectivity index is 1.98. The van der Waals surface area contributed by atoms with Crippen LogP contribution in [0.15, 0.2) is 34.1 Å². The summed E-state index contributed by atoms with van der Waals surface area (Å²) in [5.41, 5.74) is 0.993. The first-order chi connectivity index (χ1) is 8.54. The van der Waals surface area contributed by atoms with Crippen molar-refractivity contribution >= 4 is 50.5 Å². The van der Waals surface area contributed by atoms with E-state index in [0.717, 1.165) is 14.2 Å². The average Bonchev–Trinajstić information content (AvgIpc) is 2.69. The number of thiophene rings is 1. The predicted octanol–water partition coefficient (Wildman–Crippen LogP) is 4.96. The molecule has 0 saturated carbocycles. The van der Waals surface area contributed by atoms with E-state index >= 15 is 0 Å². The highest BCUT2D eigenvalue weighted by Gasteiger charge is 2.09. The molecule has 1 aromatic heterocycles. The summed E-state index contributed by atoms with van der Waals surface area (Å²) in [4.78, 5) is 1.16. The summed E-state index contributed by atoms with van der Waals surface area (Å²) in [7, 11) is 0. The van der Waals surface area contributed by atoms with Crippen molar-refractivity contribution in [2.75, 3.05) is 0 Å². The van der Waals surface area contributed by atoms with Crippen molar-refractivity contribution in [2.45, 2.75) is 18.9 Å². The molecule has 2 aromatic rings. The van der Waals surface area contributed by atoms with E-state index in [-0.39, 0.29) is 0 Å². The minimum absolute atomic E-state index is 0.409. The summed E-state index contributed by atoms with van der Waals surface area (Å²) < 4.78 is 1.08. The lowest BCUT2D eigenvalue weighted by Crippen LogP contribution is -2.13. The highest BCUT2D eigenvalue weighted by atomic mass is 79.9. The van der Waals surface area contributed by atoms with Crippen molar-refractivity contribution in [1.82, 2.24) is 0 Å². The van der Waals surface area contributed by atoms with Crippen LogP contribution in [0.4, 0.5) is 0 Å². The lowest BCUT2D eigenvalue weighted by Gasteiger charge is -2.10. The number of rotatable bonds is 4. The molecule has 96 valence electrons. The smallest absolute Gasteiger partial charge is 0.0701 e. The highest BCUT2D eigenvalue weighted by Crippen LogP contribution is 2.25. The summed E-state index contributed by atoms with van der Waals surface area (Å²) in [6, 6.07) is 9.46. The molecule has 0 spiro atoms. The van der Waals surface area contributed by atoms with Crippen LogP contribution in [0.1, 0.15) is 10.4 Å². The van der Waals surface area contributed by atoms with Crippen molar-refractivity contribution in [3.63, 3.8) is 0 Å². The Bertz CT molecular complexity index is 542. The van der Waals surface area contributed by atoms with Gasteiger partial charge in [-0.3, -0.25) is 0 Å². The van der Waals surface area contributed by atoms with Crippen molar-refractivity contribution in [3.8, 4) is 0 Å². The summed E-state index contributed by atoms with van der Waals surface area (Å²) in [5.74, 6) is 0. The molecule has 0 aliphatic heterocycles. The molecular weight excluding hydrogens is 355 g/mol. The molecule has 1 heterocycles. The van der Waals surface area contributed by atoms with E-state index in [4.69, 9.17) is 23.2 Å². The van der Waals surface area contributed by atoms with Gasteiger partial charge in [0.2, 0.25) is 0 Å². The molecule has 0 aliphatic carbocycles. The van der Waals surface area contributed by atoms with Gasteiger partial charge < -0.3 is 5.11 Å². The minimum Gasteiger partial charge on any atom is -0.392 e. The van der Waals surface area contributed by atoms with Gasteiger partial charge in [-0.05, 0) is 52.2 Å². The van der Waals surface area contributed by atoms with Gasteiger partial charge in [-0.2, -0.15) is 0 Å². The van der Waals surface area contributed by atoms with Crippen LogP contribution in [0.5, 0.6) is 0 Å². The molecular formula is C13H11BrCl2OS. The highest BCUT2D eigenvalue weighted by molar-refractivity contribution is 9.11. The lowest BCUT2D eigenvalue weighted by atomic mass is 10.1. The van der Waals surface area contributed by atoms with Crippen LogP contribution in [-0.2, 0) is 12.8 Å². The van der Waals surface area contributed by atoms with Gasteiger partial charge in [0.05, 0.1) is 19.9 Å². The van der Waals surface area contributed by atoms with E-state index in [1.165, 1.54) is 0 Å². The third-order valence-electron chi connectivity index (χ3n) is 2.52. The zero-order chi connectivity index (χ0) is 13.1. The van der Waals surface area contributed by atoms with Crippen molar-refractivity contribution in [2.24, 2.45) is 0 Å². The predicted molar refractivity (Wildman–Crippen MR) is 81.9 cm³/mol. The quantitative estimate of drug-likeness (QED) is 0.811. The van der Waals surface area contributed by atoms with E-state index in [1.54, 1.807) is 23.5 Å². The van der Waals surface area contributed by atoms with Crippen molar-refractivity contribution in [1.29, 1.82) is 0 Å². The van der Waals surface area contributed by atoms with Gasteiger partial charge >= 0.3 is 0 Å². The van der Waals surface area contributed by atoms with Crippen LogP contribution in [0.3, 0.4) is 0 Å². The summed E-state index contributed by atoms with van der Waals surface area (Å²) in [5, 5.41) is 11.1. The zero-order valence-electron chi connectivity index (χ0n) is 9.37. The molecule has 1 N–H and O–H groups in total. The Kier molecular flexibility index (Phi) is 5.10. The van der Waals surface area contributed by atoms with Crippen LogP contribution in [0.2, 0.25) is 10.0 Å². The minimum atomic E-state index is -0.409. The number of hydrogen-bond donors (Lipinski definition) is 1. The van der Waals surface area contributed by atoms with E-state index in [9.17, 15) is 5.11 Å². The zero-order valence-corrected chi connectivity index (χ0v) is 13.3. The number of hydrogen-bond acceptors (Lipinski definition) is 2. The molecule has 1 aromatic carbocycles. The molecule has 0 fully saturated rings. The van der Waals surface area contributed by atoms with E-state index < -0.39 is 6.10 Å². The van der Waals surface area contributed by atoms with Gasteiger partial charge in [-0.15, -0.1) is 11.3 Å². The van der Waals surface area contributed by atoms with Gasteiger partial charge in [-0.25, -0.2) is 0 Å². The third kappa shape index (κ3) is 3.97. The van der Waals surface area contributed by atoms with Crippen LogP contribution >= 0.6 is 50.5 Å². The molecule has 5 heteroatoms. The van der Waals surface area contributed by atoms with E-state index in [1.807, 2.05) is 18.2 Å². The third-order valence-corrected chi connectivity index (χ3v) is 4.91. The average molecular weight is 366 g/mol. The van der Waals surface area contributed by atoms with Gasteiger partial charge in [0.1, 0.15) is 0 Å². The number of aliphatic hydroxyl groups excluding tert-OH is 1. The molecule has 1 atom stereocenters. The molecule has 0 amide bonds. The summed E-state index contributed by atoms with van der Waals surface area (Å²) >= 11 is 16.8. The molecule has 1 nitrogen and oxygen atoms in total. The molecule has 0 saturated heterocycles. The van der Waals surface area contributed by atoms with Crippen molar-refractivity contribution < 1.29 is 5.11 Å². The monoisotopic (exact) mass is 364 g/mol. The largest absolute Gasteiger partial charge is 0.392 e. The second-order valence-electron chi connectivity index (χ2n) is 4.02. The van der Waals surface area contributed by atoms with Crippen molar-refractivity contribution in [3.05, 3.63) is 54.6 Å². The maximum absolute atomic E-state index is 10.0. The Morgan fingerprint density at radius 2 is 1.89 bits per heavy atom. The molecule has 0 bridgehead atoms. The Morgan fingerprint density at radius 3 is 2.50 bits per heavy atom. The van der Waals surface area contributed by atoms with Crippen LogP contribution in [0.25, 0.3) is 0 Å². The summed E-state index contributed by atoms with van der Waals surface area (Å²) in [6.45, 7) is 0. The molecule has 2 rings (SSSR count). The fourth-order valence-electron chi connectivity index (χ4n) is 1.70. The van der Waals surface area contributed by atoms with Gasteiger partial charge in [0, 0.05) is 11.3 Å². The molecule has 0 aliphatic rings. The lowest BCUT2D eigenvalue weighted by molar-refractivity contribution is 0.176. The van der Waals surface area contributed by atoms with Gasteiger partial charge in [0.15, 0.2) is 0 Å². The summed E-state index contributed by atoms with van der Waals surface area (Å²) in [6.07, 6.45) is 0.816. The second-order valence-corrected chi connectivity index (χ2v) is 7.38. The standard InChI is InChI=1S/C13H11BrCl2OS/c14-13-4-2-10(18-13)7-9(17)5-8-1-3-11(15)12(16)6-8/h1-4,6,9,17H,5,7H2. The topological polar surface area (TPSA) is 20.2 Å². The Morgan fingerprint density at radius 1 is 1.11 bits per heavy atom. The maximum Gasteiger partial charge on any atom is 0.0701 e. The van der Waals surface area contributed by atoms with Gasteiger partial charge in [0.25, 0.3) is 0 Å². The molecule has 18 heavy (non-hydrogen) atoms. The number of halogens is 3. The van der Waals surface area contributed by atoms with E-state index in [0.29, 0.717) is 22.9 Å². The maximum atomic E-state index is 10.0.